The molecule has 0 amide bonds. The van der Waals surface area contributed by atoms with E-state index in [2.05, 4.69) is 4.74 Å². The molecule has 3 heteroatoms. The van der Waals surface area contributed by atoms with E-state index in [0.29, 0.717) is 0 Å². The standard InChI is InChI=1S/C13H14O3/c1-16-13(15)10-9-12(14)8-7-11-5-3-2-4-6-11/h2-8H,9-10H2,1H3/b8-7+. The van der Waals surface area contributed by atoms with Gasteiger partial charge in [0.15, 0.2) is 5.78 Å². The van der Waals surface area contributed by atoms with E-state index in [0.717, 1.165) is 5.56 Å². The molecule has 0 radical (unpaired) electrons. The van der Waals surface area contributed by atoms with Gasteiger partial charge in [0.1, 0.15) is 0 Å². The van der Waals surface area contributed by atoms with Gasteiger partial charge in [-0.25, -0.2) is 0 Å². The molecule has 3 nitrogen and oxygen atoms in total. The first kappa shape index (κ1) is 12.2. The fraction of sp³-hybridized carbons (Fsp3) is 0.231. The molecule has 0 spiro atoms. The van der Waals surface area contributed by atoms with Crippen LogP contribution in [0.15, 0.2) is 36.4 Å². The highest BCUT2D eigenvalue weighted by Crippen LogP contribution is 2.02. The van der Waals surface area contributed by atoms with Crippen molar-refractivity contribution in [1.82, 2.24) is 0 Å². The predicted octanol–water partition coefficient (Wildman–Crippen LogP) is 2.22. The second kappa shape index (κ2) is 6.56. The van der Waals surface area contributed by atoms with Crippen molar-refractivity contribution >= 4 is 17.8 Å². The zero-order chi connectivity index (χ0) is 11.8. The SMILES string of the molecule is COC(=O)CCC(=O)/C=C/c1ccccc1. The largest absolute Gasteiger partial charge is 0.469 e. The van der Waals surface area contributed by atoms with Gasteiger partial charge in [0, 0.05) is 6.42 Å². The summed E-state index contributed by atoms with van der Waals surface area (Å²) in [5.41, 5.74) is 0.967. The van der Waals surface area contributed by atoms with Gasteiger partial charge >= 0.3 is 5.97 Å². The molecule has 1 rings (SSSR count). The van der Waals surface area contributed by atoms with Crippen LogP contribution >= 0.6 is 0 Å². The molecule has 0 aliphatic carbocycles. The minimum absolute atomic E-state index is 0.0748. The minimum atomic E-state index is -0.360. The Balaban J connectivity index is 2.40. The molecule has 0 fully saturated rings. The van der Waals surface area contributed by atoms with E-state index in [1.807, 2.05) is 30.3 Å². The van der Waals surface area contributed by atoms with Crippen LogP contribution < -0.4 is 0 Å². The highest BCUT2D eigenvalue weighted by Gasteiger charge is 2.03. The summed E-state index contributed by atoms with van der Waals surface area (Å²) in [6.45, 7) is 0. The Labute approximate surface area is 94.7 Å². The molecule has 16 heavy (non-hydrogen) atoms. The van der Waals surface area contributed by atoms with Gasteiger partial charge in [0.25, 0.3) is 0 Å². The van der Waals surface area contributed by atoms with Gasteiger partial charge in [0.2, 0.25) is 0 Å². The molecule has 0 heterocycles. The van der Waals surface area contributed by atoms with Crippen LogP contribution in [0.4, 0.5) is 0 Å². The summed E-state index contributed by atoms with van der Waals surface area (Å²) in [4.78, 5) is 22.1. The van der Waals surface area contributed by atoms with Crippen molar-refractivity contribution < 1.29 is 14.3 Å². The number of methoxy groups -OCH3 is 1. The topological polar surface area (TPSA) is 43.4 Å². The second-order valence-electron chi connectivity index (χ2n) is 3.29. The number of hydrogen-bond donors (Lipinski definition) is 0. The van der Waals surface area contributed by atoms with Crippen LogP contribution in [0.3, 0.4) is 0 Å². The molecule has 0 aliphatic heterocycles. The monoisotopic (exact) mass is 218 g/mol. The van der Waals surface area contributed by atoms with Gasteiger partial charge in [-0.1, -0.05) is 36.4 Å². The van der Waals surface area contributed by atoms with E-state index in [4.69, 9.17) is 0 Å². The number of esters is 1. The van der Waals surface area contributed by atoms with Gasteiger partial charge in [-0.2, -0.15) is 0 Å². The molecule has 0 saturated carbocycles. The Bertz CT molecular complexity index is 379. The molecule has 0 aliphatic rings. The van der Waals surface area contributed by atoms with Crippen molar-refractivity contribution in [2.24, 2.45) is 0 Å². The minimum Gasteiger partial charge on any atom is -0.469 e. The normalized spacial score (nSPS) is 10.3. The number of carbonyl (C=O) groups excluding carboxylic acids is 2. The summed E-state index contributed by atoms with van der Waals surface area (Å²) < 4.78 is 4.45. The van der Waals surface area contributed by atoms with Crippen LogP contribution in [-0.2, 0) is 14.3 Å². The highest BCUT2D eigenvalue weighted by molar-refractivity contribution is 5.95. The maximum atomic E-state index is 11.3. The fourth-order valence-electron chi connectivity index (χ4n) is 1.16. The van der Waals surface area contributed by atoms with Crippen molar-refractivity contribution in [3.8, 4) is 0 Å². The molecule has 1 aromatic carbocycles. The van der Waals surface area contributed by atoms with Crippen LogP contribution in [0.25, 0.3) is 6.08 Å². The Kier molecular flexibility index (Phi) is 4.99. The number of allylic oxidation sites excluding steroid dienone is 1. The van der Waals surface area contributed by atoms with Gasteiger partial charge in [-0.15, -0.1) is 0 Å². The number of rotatable bonds is 5. The lowest BCUT2D eigenvalue weighted by Gasteiger charge is -1.95. The molecular formula is C13H14O3. The number of ketones is 1. The first-order chi connectivity index (χ1) is 7.72. The Morgan fingerprint density at radius 2 is 1.88 bits per heavy atom. The third-order valence-corrected chi connectivity index (χ3v) is 2.06. The average Bonchev–Trinajstić information content (AvgIpc) is 2.34. The molecule has 0 unspecified atom stereocenters. The first-order valence-electron chi connectivity index (χ1n) is 5.05. The third kappa shape index (κ3) is 4.55. The van der Waals surface area contributed by atoms with E-state index in [-0.39, 0.29) is 24.6 Å². The van der Waals surface area contributed by atoms with Crippen LogP contribution in [0, 0.1) is 0 Å². The molecule has 0 N–H and O–H groups in total. The fourth-order valence-corrected chi connectivity index (χ4v) is 1.16. The summed E-state index contributed by atoms with van der Waals surface area (Å²) in [7, 11) is 1.31. The zero-order valence-electron chi connectivity index (χ0n) is 9.18. The number of hydrogen-bond acceptors (Lipinski definition) is 3. The molecule has 0 saturated heterocycles. The zero-order valence-corrected chi connectivity index (χ0v) is 9.18. The van der Waals surface area contributed by atoms with Crippen molar-refractivity contribution in [3.05, 3.63) is 42.0 Å². The van der Waals surface area contributed by atoms with Gasteiger partial charge < -0.3 is 4.74 Å². The molecule has 84 valence electrons. The number of ether oxygens (including phenoxy) is 1. The first-order valence-corrected chi connectivity index (χ1v) is 5.05. The summed E-state index contributed by atoms with van der Waals surface area (Å²) in [5, 5.41) is 0. The smallest absolute Gasteiger partial charge is 0.305 e. The van der Waals surface area contributed by atoms with Crippen molar-refractivity contribution in [2.45, 2.75) is 12.8 Å². The van der Waals surface area contributed by atoms with Crippen LogP contribution in [-0.4, -0.2) is 18.9 Å². The highest BCUT2D eigenvalue weighted by atomic mass is 16.5. The lowest BCUT2D eigenvalue weighted by Crippen LogP contribution is -2.03. The third-order valence-electron chi connectivity index (χ3n) is 2.06. The predicted molar refractivity (Wildman–Crippen MR) is 61.7 cm³/mol. The molecular weight excluding hydrogens is 204 g/mol. The Morgan fingerprint density at radius 1 is 1.19 bits per heavy atom. The van der Waals surface area contributed by atoms with E-state index in [1.54, 1.807) is 6.08 Å². The van der Waals surface area contributed by atoms with E-state index in [1.165, 1.54) is 13.2 Å². The lowest BCUT2D eigenvalue weighted by molar-refractivity contribution is -0.141. The van der Waals surface area contributed by atoms with Crippen molar-refractivity contribution in [3.63, 3.8) is 0 Å². The van der Waals surface area contributed by atoms with Crippen LogP contribution in [0.2, 0.25) is 0 Å². The van der Waals surface area contributed by atoms with E-state index >= 15 is 0 Å². The Morgan fingerprint density at radius 3 is 2.50 bits per heavy atom. The van der Waals surface area contributed by atoms with Gasteiger partial charge in [-0.3, -0.25) is 9.59 Å². The van der Waals surface area contributed by atoms with E-state index < -0.39 is 0 Å². The van der Waals surface area contributed by atoms with Gasteiger partial charge in [0.05, 0.1) is 13.5 Å². The lowest BCUT2D eigenvalue weighted by atomic mass is 10.1. The maximum Gasteiger partial charge on any atom is 0.305 e. The van der Waals surface area contributed by atoms with Crippen molar-refractivity contribution in [1.29, 1.82) is 0 Å². The van der Waals surface area contributed by atoms with Crippen LogP contribution in [0.1, 0.15) is 18.4 Å². The summed E-state index contributed by atoms with van der Waals surface area (Å²) in [5.74, 6) is -0.435. The maximum absolute atomic E-state index is 11.3. The summed E-state index contributed by atoms with van der Waals surface area (Å²) >= 11 is 0. The van der Waals surface area contributed by atoms with Crippen LogP contribution in [0.5, 0.6) is 0 Å². The Hall–Kier alpha value is -1.90. The molecule has 0 bridgehead atoms. The van der Waals surface area contributed by atoms with E-state index in [9.17, 15) is 9.59 Å². The molecule has 1 aromatic rings. The summed E-state index contributed by atoms with van der Waals surface area (Å²) in [6, 6.07) is 9.53. The summed E-state index contributed by atoms with van der Waals surface area (Å²) in [6.07, 6.45) is 3.54. The number of carbonyl (C=O) groups is 2. The van der Waals surface area contributed by atoms with Crippen molar-refractivity contribution in [2.75, 3.05) is 7.11 Å². The molecule has 0 atom stereocenters. The molecule has 0 aromatic heterocycles. The quantitative estimate of drug-likeness (QED) is 0.562. The average molecular weight is 218 g/mol. The van der Waals surface area contributed by atoms with Gasteiger partial charge in [-0.05, 0) is 11.6 Å². The number of benzene rings is 1. The second-order valence-corrected chi connectivity index (χ2v) is 3.29.